The number of methoxy groups -OCH3 is 2. The van der Waals surface area contributed by atoms with Gasteiger partial charge in [0.1, 0.15) is 35.2 Å². The van der Waals surface area contributed by atoms with E-state index < -0.39 is 59.9 Å². The molecule has 14 heteroatoms. The first-order chi connectivity index (χ1) is 20.1. The van der Waals surface area contributed by atoms with Crippen LogP contribution < -0.4 is 26.4 Å². The van der Waals surface area contributed by atoms with Gasteiger partial charge in [0.25, 0.3) is 0 Å². The number of amides is 4. The zero-order valence-corrected chi connectivity index (χ0v) is 25.3. The van der Waals surface area contributed by atoms with Crippen molar-refractivity contribution in [1.82, 2.24) is 16.0 Å². The van der Waals surface area contributed by atoms with Gasteiger partial charge in [-0.1, -0.05) is 29.8 Å². The summed E-state index contributed by atoms with van der Waals surface area (Å²) >= 11 is 6.23. The van der Waals surface area contributed by atoms with Crippen LogP contribution in [0.25, 0.3) is 0 Å². The van der Waals surface area contributed by atoms with E-state index in [4.69, 9.17) is 31.5 Å². The first-order valence-electron chi connectivity index (χ1n) is 13.2. The molecular weight excluding hydrogens is 584 g/mol. The summed E-state index contributed by atoms with van der Waals surface area (Å²) in [4.78, 5) is 63.6. The monoisotopic (exact) mass is 620 g/mol. The second-order valence-corrected chi connectivity index (χ2v) is 11.0. The highest BCUT2D eigenvalue weighted by molar-refractivity contribution is 6.32. The number of alkyl carbamates (subject to hydrolysis) is 1. The van der Waals surface area contributed by atoms with Gasteiger partial charge in [-0.15, -0.1) is 0 Å². The Bertz CT molecular complexity index is 1310. The second-order valence-electron chi connectivity index (χ2n) is 10.6. The Morgan fingerprint density at radius 1 is 0.860 bits per heavy atom. The van der Waals surface area contributed by atoms with Crippen molar-refractivity contribution in [2.24, 2.45) is 5.73 Å². The van der Waals surface area contributed by atoms with Crippen LogP contribution >= 0.6 is 11.6 Å². The summed E-state index contributed by atoms with van der Waals surface area (Å²) < 4.78 is 15.2. The molecule has 0 fully saturated rings. The van der Waals surface area contributed by atoms with Crippen molar-refractivity contribution < 1.29 is 43.3 Å². The number of phenols is 1. The molecule has 0 saturated heterocycles. The van der Waals surface area contributed by atoms with Gasteiger partial charge in [0.05, 0.1) is 25.7 Å². The smallest absolute Gasteiger partial charge is 0.408 e. The number of hydrogen-bond donors (Lipinski definition) is 5. The second kappa shape index (κ2) is 15.6. The minimum absolute atomic E-state index is 0.0121. The third kappa shape index (κ3) is 11.7. The van der Waals surface area contributed by atoms with E-state index in [9.17, 15) is 29.1 Å². The van der Waals surface area contributed by atoms with Crippen molar-refractivity contribution in [3.63, 3.8) is 0 Å². The highest BCUT2D eigenvalue weighted by atomic mass is 35.5. The number of nitrogens with one attached hydrogen (secondary N) is 3. The third-order valence-electron chi connectivity index (χ3n) is 5.88. The fourth-order valence-corrected chi connectivity index (χ4v) is 4.17. The highest BCUT2D eigenvalue weighted by Gasteiger charge is 2.32. The molecular formula is C29H37ClN4O9. The van der Waals surface area contributed by atoms with E-state index in [0.717, 1.165) is 7.11 Å². The number of carbonyl (C=O) groups is 5. The predicted molar refractivity (Wildman–Crippen MR) is 156 cm³/mol. The average Bonchev–Trinajstić information content (AvgIpc) is 2.91. The van der Waals surface area contributed by atoms with Crippen molar-refractivity contribution in [3.8, 4) is 11.5 Å². The molecule has 3 atom stereocenters. The Morgan fingerprint density at radius 3 is 1.95 bits per heavy atom. The number of hydrogen-bond acceptors (Lipinski definition) is 9. The number of benzene rings is 2. The number of carbonyl (C=O) groups excluding carboxylic acids is 5. The van der Waals surface area contributed by atoms with Crippen LogP contribution in [0.1, 0.15) is 38.3 Å². The van der Waals surface area contributed by atoms with Crippen molar-refractivity contribution in [2.75, 3.05) is 14.2 Å². The number of ether oxygens (including phenoxy) is 3. The zero-order valence-electron chi connectivity index (χ0n) is 24.6. The lowest BCUT2D eigenvalue weighted by Gasteiger charge is -2.26. The van der Waals surface area contributed by atoms with Crippen LogP contribution in [0.2, 0.25) is 5.02 Å². The number of nitrogens with two attached hydrogens (primary N) is 1. The van der Waals surface area contributed by atoms with Crippen molar-refractivity contribution >= 4 is 41.4 Å². The van der Waals surface area contributed by atoms with Crippen molar-refractivity contribution in [1.29, 1.82) is 0 Å². The maximum absolute atomic E-state index is 13.5. The first-order valence-corrected chi connectivity index (χ1v) is 13.6. The van der Waals surface area contributed by atoms with Crippen LogP contribution in [0.5, 0.6) is 11.5 Å². The number of aromatic hydroxyl groups is 1. The van der Waals surface area contributed by atoms with E-state index in [1.165, 1.54) is 19.2 Å². The van der Waals surface area contributed by atoms with E-state index in [2.05, 4.69) is 16.0 Å². The molecule has 0 aliphatic carbocycles. The molecule has 0 radical (unpaired) electrons. The molecule has 0 unspecified atom stereocenters. The Labute approximate surface area is 254 Å². The van der Waals surface area contributed by atoms with Gasteiger partial charge in [-0.2, -0.15) is 0 Å². The van der Waals surface area contributed by atoms with E-state index in [-0.39, 0.29) is 23.6 Å². The van der Waals surface area contributed by atoms with Gasteiger partial charge in [-0.25, -0.2) is 9.59 Å². The standard InChI is InChI=1S/C29H37ClN4O9/c1-29(2,3)43-28(40)34-20(14-17-8-11-23(41-4)19(30)12-17)25(37)32-21(15-24(31)36)26(38)33-22(27(39)42-5)13-16-6-9-18(35)10-7-16/h6-12,20-22,35H,13-15H2,1-5H3,(H2,31,36)(H,32,37)(H,33,38)(H,34,40)/t20-,21-,22-/m0/s1. The number of primary amides is 1. The number of halogens is 1. The quantitative estimate of drug-likeness (QED) is 0.207. The van der Waals surface area contributed by atoms with E-state index in [1.54, 1.807) is 51.1 Å². The lowest BCUT2D eigenvalue weighted by molar-refractivity contribution is -0.145. The maximum atomic E-state index is 13.5. The predicted octanol–water partition coefficient (Wildman–Crippen LogP) is 1.75. The van der Waals surface area contributed by atoms with Crippen LogP contribution in [-0.4, -0.2) is 72.8 Å². The van der Waals surface area contributed by atoms with E-state index >= 15 is 0 Å². The lowest BCUT2D eigenvalue weighted by Crippen LogP contribution is -2.57. The fraction of sp³-hybridized carbons (Fsp3) is 0.414. The first kappa shape index (κ1) is 34.7. The van der Waals surface area contributed by atoms with Crippen molar-refractivity contribution in [2.45, 2.75) is 63.8 Å². The van der Waals surface area contributed by atoms with Crippen LogP contribution in [0.15, 0.2) is 42.5 Å². The molecule has 0 aliphatic heterocycles. The summed E-state index contributed by atoms with van der Waals surface area (Å²) in [6.45, 7) is 4.94. The minimum atomic E-state index is -1.51. The highest BCUT2D eigenvalue weighted by Crippen LogP contribution is 2.25. The Morgan fingerprint density at radius 2 is 1.42 bits per heavy atom. The topological polar surface area (TPSA) is 195 Å². The summed E-state index contributed by atoms with van der Waals surface area (Å²) in [5.74, 6) is -3.02. The number of phenolic OH excluding ortho intramolecular Hbond substituents is 1. The minimum Gasteiger partial charge on any atom is -0.508 e. The Kier molecular flexibility index (Phi) is 12.6. The van der Waals surface area contributed by atoms with Gasteiger partial charge >= 0.3 is 12.1 Å². The summed E-state index contributed by atoms with van der Waals surface area (Å²) in [6.07, 6.45) is -1.61. The maximum Gasteiger partial charge on any atom is 0.408 e. The molecule has 13 nitrogen and oxygen atoms in total. The molecule has 2 aromatic carbocycles. The normalized spacial score (nSPS) is 13.1. The van der Waals surface area contributed by atoms with Gasteiger partial charge in [0, 0.05) is 12.8 Å². The average molecular weight is 621 g/mol. The lowest BCUT2D eigenvalue weighted by atomic mass is 10.0. The molecule has 0 spiro atoms. The van der Waals surface area contributed by atoms with Crippen LogP contribution in [0.4, 0.5) is 4.79 Å². The molecule has 6 N–H and O–H groups in total. The third-order valence-corrected chi connectivity index (χ3v) is 6.18. The van der Waals surface area contributed by atoms with Crippen LogP contribution in [0, 0.1) is 0 Å². The molecule has 2 aromatic rings. The number of rotatable bonds is 13. The summed E-state index contributed by atoms with van der Waals surface area (Å²) in [5.41, 5.74) is 5.61. The molecule has 0 saturated carbocycles. The van der Waals surface area contributed by atoms with Gasteiger partial charge in [-0.05, 0) is 56.2 Å². The molecule has 2 rings (SSSR count). The van der Waals surface area contributed by atoms with Crippen molar-refractivity contribution in [3.05, 3.63) is 58.6 Å². The zero-order chi connectivity index (χ0) is 32.3. The van der Waals surface area contributed by atoms with Gasteiger partial charge in [0.15, 0.2) is 0 Å². The molecule has 0 aromatic heterocycles. The Hall–Kier alpha value is -4.52. The molecule has 0 aliphatic rings. The SMILES string of the molecule is COC(=O)[C@H](Cc1ccc(O)cc1)NC(=O)[C@H](CC(N)=O)NC(=O)[C@H](Cc1ccc(OC)c(Cl)c1)NC(=O)OC(C)(C)C. The number of esters is 1. The summed E-state index contributed by atoms with van der Waals surface area (Å²) in [7, 11) is 2.58. The van der Waals surface area contributed by atoms with Gasteiger partial charge in [-0.3, -0.25) is 14.4 Å². The van der Waals surface area contributed by atoms with Gasteiger partial charge in [0.2, 0.25) is 17.7 Å². The van der Waals surface area contributed by atoms with E-state index in [1.807, 2.05) is 0 Å². The van der Waals surface area contributed by atoms with Crippen LogP contribution in [0.3, 0.4) is 0 Å². The summed E-state index contributed by atoms with van der Waals surface area (Å²) in [6, 6.07) is 6.71. The molecule has 43 heavy (non-hydrogen) atoms. The van der Waals surface area contributed by atoms with Crippen LogP contribution in [-0.2, 0) is 41.5 Å². The molecule has 4 amide bonds. The van der Waals surface area contributed by atoms with Gasteiger partial charge < -0.3 is 41.0 Å². The summed E-state index contributed by atoms with van der Waals surface area (Å²) in [5, 5.41) is 17.2. The molecule has 0 heterocycles. The molecule has 0 bridgehead atoms. The largest absolute Gasteiger partial charge is 0.508 e. The van der Waals surface area contributed by atoms with E-state index in [0.29, 0.717) is 16.9 Å². The Balaban J connectivity index is 2.30. The molecule has 234 valence electrons. The fourth-order valence-electron chi connectivity index (χ4n) is 3.89.